The number of ether oxygens (including phenoxy) is 1. The summed E-state index contributed by atoms with van der Waals surface area (Å²) in [6.45, 7) is 1.86. The summed E-state index contributed by atoms with van der Waals surface area (Å²) >= 11 is 4.08. The van der Waals surface area contributed by atoms with Gasteiger partial charge in [0.15, 0.2) is 5.37 Å². The van der Waals surface area contributed by atoms with Gasteiger partial charge in [-0.05, 0) is 32.1 Å². The molecule has 29 heavy (non-hydrogen) atoms. The van der Waals surface area contributed by atoms with Crippen molar-refractivity contribution in [2.45, 2.75) is 63.3 Å². The van der Waals surface area contributed by atoms with Crippen LogP contribution < -0.4 is 5.32 Å². The van der Waals surface area contributed by atoms with Gasteiger partial charge in [-0.25, -0.2) is 9.86 Å². The molecule has 2 atom stereocenters. The topological polar surface area (TPSA) is 95.9 Å². The molecule has 1 aliphatic rings. The van der Waals surface area contributed by atoms with Gasteiger partial charge in [0, 0.05) is 0 Å². The normalized spacial score (nSPS) is 15.4. The van der Waals surface area contributed by atoms with Gasteiger partial charge in [0.25, 0.3) is 0 Å². The van der Waals surface area contributed by atoms with Crippen LogP contribution in [0.2, 0.25) is 0 Å². The lowest BCUT2D eigenvalue weighted by atomic mass is 10.0. The molecule has 0 heterocycles. The molecule has 0 radical (unpaired) electrons. The number of unbranched alkanes of at least 4 members (excludes halogenated alkanes) is 1. The number of esters is 1. The number of carbonyl (C=O) groups excluding carboxylic acids is 3. The van der Waals surface area contributed by atoms with Crippen molar-refractivity contribution >= 4 is 30.9 Å². The van der Waals surface area contributed by atoms with E-state index in [0.29, 0.717) is 11.5 Å². The number of hydrogen-bond acceptors (Lipinski definition) is 6. The highest BCUT2D eigenvalue weighted by Gasteiger charge is 2.27. The zero-order chi connectivity index (χ0) is 21.5. The molecular formula is C21H32N2O5S. The van der Waals surface area contributed by atoms with E-state index in [1.54, 1.807) is 0 Å². The van der Waals surface area contributed by atoms with Crippen LogP contribution in [0, 0.1) is 5.92 Å². The molecule has 0 bridgehead atoms. The minimum atomic E-state index is -1.05. The number of rotatable bonds is 10. The fraction of sp³-hybridized carbons (Fsp3) is 0.571. The maximum Gasteiger partial charge on any atom is 0.339 e. The molecule has 1 aliphatic carbocycles. The van der Waals surface area contributed by atoms with Gasteiger partial charge in [0.1, 0.15) is 6.10 Å². The summed E-state index contributed by atoms with van der Waals surface area (Å²) in [7, 11) is 0. The molecule has 1 saturated carbocycles. The van der Waals surface area contributed by atoms with Crippen molar-refractivity contribution in [3.63, 3.8) is 0 Å². The zero-order valence-electron chi connectivity index (χ0n) is 16.9. The Labute approximate surface area is 178 Å². The van der Waals surface area contributed by atoms with Gasteiger partial charge in [-0.1, -0.05) is 56.2 Å². The van der Waals surface area contributed by atoms with Gasteiger partial charge in [-0.2, -0.15) is 0 Å². The standard InChI is InChI=1S/C15H26N2O5S.C6H6/c1-2-3-6-11(9-17(21)10-18)13(19)16-14(23)15(20)22-12-7-4-5-8-12;1-2-4-6-5-3-1/h10-12,14,21,23H,2-9H2,1H3,(H,16,19);1-6H. The molecule has 1 aromatic carbocycles. The Kier molecular flexibility index (Phi) is 12.8. The lowest BCUT2D eigenvalue weighted by Crippen LogP contribution is -2.44. The van der Waals surface area contributed by atoms with Gasteiger partial charge >= 0.3 is 5.97 Å². The first-order valence-corrected chi connectivity index (χ1v) is 10.6. The number of thiol groups is 1. The first-order chi connectivity index (χ1) is 14.0. The van der Waals surface area contributed by atoms with E-state index in [2.05, 4.69) is 17.9 Å². The van der Waals surface area contributed by atoms with Gasteiger partial charge in [0.05, 0.1) is 12.5 Å². The maximum atomic E-state index is 12.2. The van der Waals surface area contributed by atoms with E-state index in [1.807, 2.05) is 43.3 Å². The summed E-state index contributed by atoms with van der Waals surface area (Å²) < 4.78 is 5.29. The molecule has 2 N–H and O–H groups in total. The van der Waals surface area contributed by atoms with Gasteiger partial charge in [-0.3, -0.25) is 14.8 Å². The molecule has 1 fully saturated rings. The molecular weight excluding hydrogens is 392 g/mol. The molecule has 7 nitrogen and oxygen atoms in total. The van der Waals surface area contributed by atoms with Crippen molar-refractivity contribution in [2.24, 2.45) is 5.92 Å². The third-order valence-electron chi connectivity index (χ3n) is 4.56. The second-order valence-corrected chi connectivity index (χ2v) is 7.49. The number of hydrogen-bond donors (Lipinski definition) is 3. The molecule has 0 aromatic heterocycles. The summed E-state index contributed by atoms with van der Waals surface area (Å²) in [5, 5.41) is 11.2. The summed E-state index contributed by atoms with van der Waals surface area (Å²) in [6, 6.07) is 12.0. The van der Waals surface area contributed by atoms with Gasteiger partial charge in [-0.15, -0.1) is 12.6 Å². The van der Waals surface area contributed by atoms with Crippen molar-refractivity contribution in [3.8, 4) is 0 Å². The summed E-state index contributed by atoms with van der Waals surface area (Å²) in [5.74, 6) is -1.60. The van der Waals surface area contributed by atoms with Crippen molar-refractivity contribution in [3.05, 3.63) is 36.4 Å². The van der Waals surface area contributed by atoms with E-state index in [9.17, 15) is 19.6 Å². The molecule has 8 heteroatoms. The minimum absolute atomic E-state index is 0.0899. The van der Waals surface area contributed by atoms with Crippen LogP contribution in [0.25, 0.3) is 0 Å². The highest BCUT2D eigenvalue weighted by molar-refractivity contribution is 7.81. The number of nitrogens with zero attached hydrogens (tertiary/aromatic N) is 1. The number of hydroxylamine groups is 2. The second kappa shape index (κ2) is 14.9. The Hall–Kier alpha value is -2.06. The highest BCUT2D eigenvalue weighted by Crippen LogP contribution is 2.21. The minimum Gasteiger partial charge on any atom is -0.460 e. The van der Waals surface area contributed by atoms with Crippen LogP contribution in [0.5, 0.6) is 0 Å². The van der Waals surface area contributed by atoms with E-state index >= 15 is 0 Å². The number of benzene rings is 1. The third kappa shape index (κ3) is 10.9. The van der Waals surface area contributed by atoms with Crippen LogP contribution in [0.3, 0.4) is 0 Å². The van der Waals surface area contributed by atoms with Crippen LogP contribution in [-0.4, -0.2) is 46.6 Å². The van der Waals surface area contributed by atoms with Crippen LogP contribution >= 0.6 is 12.6 Å². The van der Waals surface area contributed by atoms with E-state index in [4.69, 9.17) is 4.74 Å². The predicted octanol–water partition coefficient (Wildman–Crippen LogP) is 3.18. The monoisotopic (exact) mass is 424 g/mol. The summed E-state index contributed by atoms with van der Waals surface area (Å²) in [6.07, 6.45) is 6.09. The fourth-order valence-electron chi connectivity index (χ4n) is 2.96. The SMILES string of the molecule is CCCCC(CN(O)C=O)C(=O)NC(S)C(=O)OC1CCCC1.c1ccccc1. The van der Waals surface area contributed by atoms with E-state index in [0.717, 1.165) is 38.5 Å². The highest BCUT2D eigenvalue weighted by atomic mass is 32.1. The van der Waals surface area contributed by atoms with Crippen LogP contribution in [0.15, 0.2) is 36.4 Å². The van der Waals surface area contributed by atoms with E-state index in [1.165, 1.54) is 0 Å². The Balaban J connectivity index is 0.000000594. The fourth-order valence-corrected chi connectivity index (χ4v) is 3.14. The number of nitrogens with one attached hydrogen (secondary N) is 1. The number of carbonyl (C=O) groups is 3. The quantitative estimate of drug-likeness (QED) is 0.134. The largest absolute Gasteiger partial charge is 0.460 e. The van der Waals surface area contributed by atoms with Crippen molar-refractivity contribution in [2.75, 3.05) is 6.54 Å². The van der Waals surface area contributed by atoms with Crippen molar-refractivity contribution in [1.82, 2.24) is 10.4 Å². The molecule has 2 rings (SSSR count). The van der Waals surface area contributed by atoms with Gasteiger partial charge in [0.2, 0.25) is 12.3 Å². The van der Waals surface area contributed by atoms with Crippen LogP contribution in [-0.2, 0) is 19.1 Å². The molecule has 0 aliphatic heterocycles. The predicted molar refractivity (Wildman–Crippen MR) is 113 cm³/mol. The Morgan fingerprint density at radius 3 is 2.24 bits per heavy atom. The van der Waals surface area contributed by atoms with Gasteiger partial charge < -0.3 is 10.1 Å². The van der Waals surface area contributed by atoms with Crippen LogP contribution in [0.1, 0.15) is 51.9 Å². The average molecular weight is 425 g/mol. The third-order valence-corrected chi connectivity index (χ3v) is 4.90. The Morgan fingerprint density at radius 2 is 1.76 bits per heavy atom. The number of amides is 2. The van der Waals surface area contributed by atoms with E-state index < -0.39 is 23.2 Å². The van der Waals surface area contributed by atoms with E-state index in [-0.39, 0.29) is 19.1 Å². The van der Waals surface area contributed by atoms with Crippen molar-refractivity contribution in [1.29, 1.82) is 0 Å². The van der Waals surface area contributed by atoms with Crippen LogP contribution in [0.4, 0.5) is 0 Å². The smallest absolute Gasteiger partial charge is 0.339 e. The lowest BCUT2D eigenvalue weighted by Gasteiger charge is -2.22. The maximum absolute atomic E-state index is 12.2. The summed E-state index contributed by atoms with van der Waals surface area (Å²) in [4.78, 5) is 34.7. The lowest BCUT2D eigenvalue weighted by molar-refractivity contribution is -0.156. The first kappa shape index (κ1) is 25.0. The second-order valence-electron chi connectivity index (χ2n) is 6.98. The molecule has 2 amide bonds. The Bertz CT molecular complexity index is 569. The Morgan fingerprint density at radius 1 is 1.21 bits per heavy atom. The molecule has 1 aromatic rings. The molecule has 2 unspecified atom stereocenters. The molecule has 162 valence electrons. The van der Waals surface area contributed by atoms with Crippen molar-refractivity contribution < 1.29 is 24.3 Å². The molecule has 0 saturated heterocycles. The average Bonchev–Trinajstić information content (AvgIpc) is 3.25. The molecule has 0 spiro atoms. The first-order valence-electron chi connectivity index (χ1n) is 10.1. The summed E-state index contributed by atoms with van der Waals surface area (Å²) in [5.41, 5.74) is 0. The zero-order valence-corrected chi connectivity index (χ0v) is 17.8.